The lowest BCUT2D eigenvalue weighted by molar-refractivity contribution is 0.249. The molecule has 8 heteroatoms. The van der Waals surface area contributed by atoms with Crippen LogP contribution in [-0.2, 0) is 0 Å². The number of rotatable bonds is 6. The van der Waals surface area contributed by atoms with Crippen LogP contribution in [-0.4, -0.2) is 63.2 Å². The molecule has 1 aromatic rings. The number of para-hydroxylation sites is 1. The van der Waals surface area contributed by atoms with Crippen LogP contribution in [0.3, 0.4) is 0 Å². The molecule has 1 aromatic carbocycles. The summed E-state index contributed by atoms with van der Waals surface area (Å²) in [5.41, 5.74) is 0.0722. The Kier molecular flexibility index (Phi) is 9.20. The topological polar surface area (TPSA) is 42.9 Å². The number of aliphatic imine (C=N–C) groups is 1. The summed E-state index contributed by atoms with van der Waals surface area (Å²) in [6, 6.07) is 4.83. The molecular weight excluding hydrogens is 475 g/mol. The van der Waals surface area contributed by atoms with E-state index in [1.165, 1.54) is 43.9 Å². The number of nitrogens with zero attached hydrogens (tertiary/aromatic N) is 3. The first-order valence-corrected chi connectivity index (χ1v) is 9.95. The van der Waals surface area contributed by atoms with Gasteiger partial charge in [0, 0.05) is 45.3 Å². The fraction of sp³-hybridized carbons (Fsp3) is 0.650. The lowest BCUT2D eigenvalue weighted by atomic mass is 10.2. The average molecular weight is 507 g/mol. The zero-order chi connectivity index (χ0) is 19.2. The second-order valence-electron chi connectivity index (χ2n) is 7.56. The molecule has 1 saturated carbocycles. The first kappa shape index (κ1) is 23.1. The van der Waals surface area contributed by atoms with E-state index in [9.17, 15) is 8.78 Å². The van der Waals surface area contributed by atoms with E-state index >= 15 is 0 Å². The van der Waals surface area contributed by atoms with E-state index < -0.39 is 11.6 Å². The number of hydrogen-bond donors (Lipinski definition) is 2. The molecule has 1 heterocycles. The molecule has 1 saturated heterocycles. The summed E-state index contributed by atoms with van der Waals surface area (Å²) in [6.07, 6.45) is 6.09. The second-order valence-corrected chi connectivity index (χ2v) is 7.56. The number of nitrogens with one attached hydrogen (secondary N) is 2. The third-order valence-electron chi connectivity index (χ3n) is 5.71. The molecule has 2 N–H and O–H groups in total. The molecule has 3 rings (SSSR count). The normalized spacial score (nSPS) is 20.5. The lowest BCUT2D eigenvalue weighted by Crippen LogP contribution is -2.47. The van der Waals surface area contributed by atoms with Crippen molar-refractivity contribution in [2.75, 3.05) is 45.2 Å². The Morgan fingerprint density at radius 1 is 1.21 bits per heavy atom. The van der Waals surface area contributed by atoms with E-state index in [-0.39, 0.29) is 35.7 Å². The molecule has 1 aliphatic carbocycles. The van der Waals surface area contributed by atoms with Crippen LogP contribution in [0.2, 0.25) is 0 Å². The number of anilines is 1. The van der Waals surface area contributed by atoms with Crippen molar-refractivity contribution in [1.29, 1.82) is 0 Å². The minimum atomic E-state index is -0.506. The van der Waals surface area contributed by atoms with Gasteiger partial charge in [-0.25, -0.2) is 8.78 Å². The largest absolute Gasteiger partial charge is 0.365 e. The van der Waals surface area contributed by atoms with Gasteiger partial charge in [-0.3, -0.25) is 4.99 Å². The molecule has 158 valence electrons. The van der Waals surface area contributed by atoms with Crippen molar-refractivity contribution in [3.8, 4) is 0 Å². The Bertz CT molecular complexity index is 631. The van der Waals surface area contributed by atoms with Gasteiger partial charge < -0.3 is 20.4 Å². The highest BCUT2D eigenvalue weighted by Crippen LogP contribution is 2.26. The average Bonchev–Trinajstić information content (AvgIpc) is 3.33. The summed E-state index contributed by atoms with van der Waals surface area (Å²) >= 11 is 0. The van der Waals surface area contributed by atoms with Crippen LogP contribution in [0.4, 0.5) is 14.5 Å². The summed E-state index contributed by atoms with van der Waals surface area (Å²) in [7, 11) is 3.94. The molecule has 0 amide bonds. The molecule has 5 nitrogen and oxygen atoms in total. The summed E-state index contributed by atoms with van der Waals surface area (Å²) in [5, 5.41) is 6.74. The van der Waals surface area contributed by atoms with Crippen molar-refractivity contribution in [3.63, 3.8) is 0 Å². The Labute approximate surface area is 184 Å². The Morgan fingerprint density at radius 3 is 2.54 bits per heavy atom. The third-order valence-corrected chi connectivity index (χ3v) is 5.71. The SMILES string of the molecule is CN=C(NCCN(C)C1CCCC1)NC1CCN(c2c(F)cccc2F)C1.I. The second kappa shape index (κ2) is 11.1. The highest BCUT2D eigenvalue weighted by Gasteiger charge is 2.27. The van der Waals surface area contributed by atoms with E-state index in [4.69, 9.17) is 0 Å². The summed E-state index contributed by atoms with van der Waals surface area (Å²) < 4.78 is 28.0. The maximum atomic E-state index is 14.0. The van der Waals surface area contributed by atoms with Gasteiger partial charge in [0.2, 0.25) is 0 Å². The molecule has 2 fully saturated rings. The highest BCUT2D eigenvalue weighted by molar-refractivity contribution is 14.0. The van der Waals surface area contributed by atoms with Crippen LogP contribution >= 0.6 is 24.0 Å². The molecule has 0 radical (unpaired) electrons. The number of likely N-dealkylation sites (N-methyl/N-ethyl adjacent to an activating group) is 1. The van der Waals surface area contributed by atoms with Crippen molar-refractivity contribution in [3.05, 3.63) is 29.8 Å². The van der Waals surface area contributed by atoms with E-state index in [1.54, 1.807) is 11.9 Å². The summed E-state index contributed by atoms with van der Waals surface area (Å²) in [5.74, 6) is -0.267. The third kappa shape index (κ3) is 5.92. The zero-order valence-electron chi connectivity index (χ0n) is 16.8. The minimum absolute atomic E-state index is 0. The van der Waals surface area contributed by atoms with Gasteiger partial charge >= 0.3 is 0 Å². The lowest BCUT2D eigenvalue weighted by Gasteiger charge is -2.25. The molecule has 1 unspecified atom stereocenters. The molecule has 28 heavy (non-hydrogen) atoms. The van der Waals surface area contributed by atoms with E-state index in [1.807, 2.05) is 0 Å². The van der Waals surface area contributed by atoms with E-state index in [0.29, 0.717) is 19.1 Å². The fourth-order valence-electron chi connectivity index (χ4n) is 4.14. The Balaban J connectivity index is 0.00000280. The quantitative estimate of drug-likeness (QED) is 0.353. The Morgan fingerprint density at radius 2 is 1.89 bits per heavy atom. The molecular formula is C20H32F2IN5. The van der Waals surface area contributed by atoms with Crippen LogP contribution in [0.5, 0.6) is 0 Å². The first-order valence-electron chi connectivity index (χ1n) is 9.95. The van der Waals surface area contributed by atoms with Crippen molar-refractivity contribution in [2.45, 2.75) is 44.2 Å². The number of benzene rings is 1. The smallest absolute Gasteiger partial charge is 0.191 e. The van der Waals surface area contributed by atoms with Crippen molar-refractivity contribution in [2.24, 2.45) is 4.99 Å². The van der Waals surface area contributed by atoms with E-state index in [2.05, 4.69) is 27.6 Å². The predicted octanol–water partition coefficient (Wildman–Crippen LogP) is 3.20. The van der Waals surface area contributed by atoms with Crippen LogP contribution in [0.1, 0.15) is 32.1 Å². The van der Waals surface area contributed by atoms with Gasteiger partial charge in [0.25, 0.3) is 0 Å². The maximum absolute atomic E-state index is 14.0. The van der Waals surface area contributed by atoms with Crippen molar-refractivity contribution < 1.29 is 8.78 Å². The van der Waals surface area contributed by atoms with Crippen molar-refractivity contribution in [1.82, 2.24) is 15.5 Å². The molecule has 1 atom stereocenters. The van der Waals surface area contributed by atoms with Crippen LogP contribution in [0.25, 0.3) is 0 Å². The molecule has 1 aliphatic heterocycles. The van der Waals surface area contributed by atoms with Gasteiger partial charge in [0.05, 0.1) is 0 Å². The van der Waals surface area contributed by atoms with Crippen molar-refractivity contribution >= 4 is 35.6 Å². The number of hydrogen-bond acceptors (Lipinski definition) is 3. The number of guanidine groups is 1. The van der Waals surface area contributed by atoms with Gasteiger partial charge in [0.15, 0.2) is 5.96 Å². The molecule has 0 bridgehead atoms. The molecule has 2 aliphatic rings. The monoisotopic (exact) mass is 507 g/mol. The highest BCUT2D eigenvalue weighted by atomic mass is 127. The van der Waals surface area contributed by atoms with Crippen LogP contribution in [0.15, 0.2) is 23.2 Å². The maximum Gasteiger partial charge on any atom is 0.191 e. The standard InChI is InChI=1S/C20H31F2N5.HI/c1-23-20(24-11-13-26(2)16-6-3-4-7-16)25-15-10-12-27(14-15)19-17(21)8-5-9-18(19)22;/h5,8-9,15-16H,3-4,6-7,10-14H2,1-2H3,(H2,23,24,25);1H. The van der Waals surface area contributed by atoms with Gasteiger partial charge in [-0.15, -0.1) is 24.0 Å². The summed E-state index contributed by atoms with van der Waals surface area (Å²) in [4.78, 5) is 8.48. The van der Waals surface area contributed by atoms with Gasteiger partial charge in [-0.05, 0) is 38.4 Å². The minimum Gasteiger partial charge on any atom is -0.365 e. The van der Waals surface area contributed by atoms with Crippen LogP contribution < -0.4 is 15.5 Å². The first-order chi connectivity index (χ1) is 13.1. The molecule has 0 spiro atoms. The zero-order valence-corrected chi connectivity index (χ0v) is 19.1. The Hall–Kier alpha value is -1.16. The van der Waals surface area contributed by atoms with Crippen LogP contribution in [0, 0.1) is 11.6 Å². The molecule has 0 aromatic heterocycles. The van der Waals surface area contributed by atoms with Gasteiger partial charge in [-0.1, -0.05) is 18.9 Å². The predicted molar refractivity (Wildman–Crippen MR) is 122 cm³/mol. The number of halogens is 3. The van der Waals surface area contributed by atoms with Gasteiger partial charge in [0.1, 0.15) is 17.3 Å². The van der Waals surface area contributed by atoms with Gasteiger partial charge in [-0.2, -0.15) is 0 Å². The van der Waals surface area contributed by atoms with E-state index in [0.717, 1.165) is 25.5 Å². The fourth-order valence-corrected chi connectivity index (χ4v) is 4.14. The summed E-state index contributed by atoms with van der Waals surface area (Å²) in [6.45, 7) is 2.98.